The summed E-state index contributed by atoms with van der Waals surface area (Å²) in [4.78, 5) is 14.4. The highest BCUT2D eigenvalue weighted by Crippen LogP contribution is 2.35. The maximum atomic E-state index is 12.1. The number of hydrogen-bond acceptors (Lipinski definition) is 4. The molecular weight excluding hydrogens is 320 g/mol. The second kappa shape index (κ2) is 5.35. The van der Waals surface area contributed by atoms with E-state index in [9.17, 15) is 13.2 Å². The molecule has 3 rings (SSSR count). The zero-order valence-electron chi connectivity index (χ0n) is 12.0. The van der Waals surface area contributed by atoms with Gasteiger partial charge in [0.05, 0.1) is 10.5 Å². The number of aryl methyl sites for hydroxylation is 1. The first-order valence-corrected chi connectivity index (χ1v) is 8.88. The third-order valence-electron chi connectivity index (χ3n) is 3.40. The van der Waals surface area contributed by atoms with E-state index in [1.807, 2.05) is 19.1 Å². The maximum absolute atomic E-state index is 12.1. The van der Waals surface area contributed by atoms with E-state index in [0.29, 0.717) is 16.8 Å². The third kappa shape index (κ3) is 2.58. The highest BCUT2D eigenvalue weighted by Gasteiger charge is 2.26. The van der Waals surface area contributed by atoms with E-state index in [1.54, 1.807) is 23.5 Å². The van der Waals surface area contributed by atoms with Crippen LogP contribution in [-0.4, -0.2) is 21.4 Å². The average Bonchev–Trinajstić information content (AvgIpc) is 3.03. The molecule has 0 radical (unpaired) electrons. The van der Waals surface area contributed by atoms with Crippen LogP contribution in [0.4, 0.5) is 5.69 Å². The minimum atomic E-state index is -3.54. The topological polar surface area (TPSA) is 75.3 Å². The van der Waals surface area contributed by atoms with Crippen molar-refractivity contribution in [2.45, 2.75) is 11.8 Å². The van der Waals surface area contributed by atoms with Crippen molar-refractivity contribution in [2.24, 2.45) is 0 Å². The van der Waals surface area contributed by atoms with Gasteiger partial charge in [-0.2, -0.15) is 0 Å². The highest BCUT2D eigenvalue weighted by molar-refractivity contribution is 7.89. The van der Waals surface area contributed by atoms with Gasteiger partial charge in [-0.25, -0.2) is 13.1 Å². The number of carbonyl (C=O) groups is 1. The zero-order chi connectivity index (χ0) is 15.9. The van der Waals surface area contributed by atoms with Gasteiger partial charge in [-0.05, 0) is 50.4 Å². The summed E-state index contributed by atoms with van der Waals surface area (Å²) in [7, 11) is -2.18. The number of rotatable bonds is 3. The molecular formula is C15H14N2O3S2. The van der Waals surface area contributed by atoms with Crippen molar-refractivity contribution in [2.75, 3.05) is 12.4 Å². The summed E-state index contributed by atoms with van der Waals surface area (Å²) in [6, 6.07) is 8.52. The summed E-state index contributed by atoms with van der Waals surface area (Å²) in [6.07, 6.45) is 1.79. The van der Waals surface area contributed by atoms with E-state index in [4.69, 9.17) is 0 Å². The lowest BCUT2D eigenvalue weighted by Crippen LogP contribution is -2.18. The van der Waals surface area contributed by atoms with E-state index in [2.05, 4.69) is 10.0 Å². The van der Waals surface area contributed by atoms with Gasteiger partial charge in [0.2, 0.25) is 10.0 Å². The number of anilines is 1. The van der Waals surface area contributed by atoms with Crippen LogP contribution in [0.25, 0.3) is 11.6 Å². The molecule has 0 fully saturated rings. The third-order valence-corrected chi connectivity index (χ3v) is 5.76. The molecule has 1 aromatic carbocycles. The lowest BCUT2D eigenvalue weighted by Gasteiger charge is -2.05. The Balaban J connectivity index is 2.12. The molecule has 0 saturated carbocycles. The predicted molar refractivity (Wildman–Crippen MR) is 88.2 cm³/mol. The quantitative estimate of drug-likeness (QED) is 0.847. The van der Waals surface area contributed by atoms with E-state index in [1.165, 1.54) is 19.2 Å². The lowest BCUT2D eigenvalue weighted by molar-refractivity contribution is -0.110. The van der Waals surface area contributed by atoms with Crippen molar-refractivity contribution < 1.29 is 13.2 Å². The SMILES string of the molecule is CNS(=O)(=O)c1ccc2c(c1)C(=Cc1ccc(C)s1)C(=O)N2. The Morgan fingerprint density at radius 1 is 1.23 bits per heavy atom. The minimum Gasteiger partial charge on any atom is -0.321 e. The summed E-state index contributed by atoms with van der Waals surface area (Å²) >= 11 is 1.58. The Labute approximate surface area is 132 Å². The van der Waals surface area contributed by atoms with Gasteiger partial charge >= 0.3 is 0 Å². The molecule has 0 spiro atoms. The first-order chi connectivity index (χ1) is 10.4. The van der Waals surface area contributed by atoms with Crippen LogP contribution in [-0.2, 0) is 14.8 Å². The maximum Gasteiger partial charge on any atom is 0.256 e. The van der Waals surface area contributed by atoms with Crippen LogP contribution in [0.2, 0.25) is 0 Å². The van der Waals surface area contributed by atoms with E-state index >= 15 is 0 Å². The van der Waals surface area contributed by atoms with Crippen molar-refractivity contribution in [1.82, 2.24) is 4.72 Å². The molecule has 0 atom stereocenters. The molecule has 22 heavy (non-hydrogen) atoms. The van der Waals surface area contributed by atoms with Crippen LogP contribution >= 0.6 is 11.3 Å². The number of carbonyl (C=O) groups excluding carboxylic acids is 1. The van der Waals surface area contributed by atoms with Gasteiger partial charge in [-0.3, -0.25) is 4.79 Å². The molecule has 2 heterocycles. The van der Waals surface area contributed by atoms with Crippen LogP contribution in [0.5, 0.6) is 0 Å². The minimum absolute atomic E-state index is 0.138. The zero-order valence-corrected chi connectivity index (χ0v) is 13.6. The molecule has 0 bridgehead atoms. The Bertz CT molecular complexity index is 895. The van der Waals surface area contributed by atoms with Crippen molar-refractivity contribution in [3.05, 3.63) is 45.6 Å². The largest absolute Gasteiger partial charge is 0.321 e. The van der Waals surface area contributed by atoms with Crippen molar-refractivity contribution >= 4 is 44.6 Å². The Morgan fingerprint density at radius 3 is 2.64 bits per heavy atom. The number of thiophene rings is 1. The first-order valence-electron chi connectivity index (χ1n) is 6.58. The van der Waals surface area contributed by atoms with Gasteiger partial charge in [0.15, 0.2) is 0 Å². The number of sulfonamides is 1. The monoisotopic (exact) mass is 334 g/mol. The molecule has 2 N–H and O–H groups in total. The summed E-state index contributed by atoms with van der Waals surface area (Å²) in [5, 5.41) is 2.75. The average molecular weight is 334 g/mol. The van der Waals surface area contributed by atoms with Crippen molar-refractivity contribution in [1.29, 1.82) is 0 Å². The number of fused-ring (bicyclic) bond motifs is 1. The standard InChI is InChI=1S/C15H14N2O3S2/c1-9-3-4-10(21-9)7-13-12-8-11(22(19,20)16-2)5-6-14(12)17-15(13)18/h3-8,16H,1-2H3,(H,17,18). The van der Waals surface area contributed by atoms with E-state index < -0.39 is 10.0 Å². The van der Waals surface area contributed by atoms with Gasteiger partial charge in [0, 0.05) is 21.0 Å². The van der Waals surface area contributed by atoms with Gasteiger partial charge < -0.3 is 5.32 Å². The van der Waals surface area contributed by atoms with Crippen LogP contribution in [0.1, 0.15) is 15.3 Å². The van der Waals surface area contributed by atoms with Gasteiger partial charge in [0.25, 0.3) is 5.91 Å². The molecule has 114 valence electrons. The van der Waals surface area contributed by atoms with Crippen molar-refractivity contribution in [3.63, 3.8) is 0 Å². The molecule has 5 nitrogen and oxygen atoms in total. The number of hydrogen-bond donors (Lipinski definition) is 2. The highest BCUT2D eigenvalue weighted by atomic mass is 32.2. The fraction of sp³-hybridized carbons (Fsp3) is 0.133. The molecule has 7 heteroatoms. The van der Waals surface area contributed by atoms with Gasteiger partial charge in [0.1, 0.15) is 0 Å². The summed E-state index contributed by atoms with van der Waals surface area (Å²) in [6.45, 7) is 1.99. The van der Waals surface area contributed by atoms with Crippen LogP contribution in [0.3, 0.4) is 0 Å². The molecule has 2 aromatic rings. The van der Waals surface area contributed by atoms with Crippen LogP contribution in [0, 0.1) is 6.92 Å². The van der Waals surface area contributed by atoms with Crippen molar-refractivity contribution in [3.8, 4) is 0 Å². The van der Waals surface area contributed by atoms with E-state index in [-0.39, 0.29) is 10.8 Å². The van der Waals surface area contributed by atoms with Crippen LogP contribution in [0.15, 0.2) is 35.2 Å². The predicted octanol–water partition coefficient (Wildman–Crippen LogP) is 2.46. The van der Waals surface area contributed by atoms with E-state index in [0.717, 1.165) is 9.75 Å². The molecule has 1 aliphatic rings. The molecule has 0 unspecified atom stereocenters. The first kappa shape index (κ1) is 15.0. The van der Waals surface area contributed by atoms with Gasteiger partial charge in [-0.1, -0.05) is 0 Å². The fourth-order valence-corrected chi connectivity index (χ4v) is 3.85. The normalized spacial score (nSPS) is 15.9. The smallest absolute Gasteiger partial charge is 0.256 e. The molecule has 1 aliphatic heterocycles. The molecule has 1 aromatic heterocycles. The fourth-order valence-electron chi connectivity index (χ4n) is 2.27. The Kier molecular flexibility index (Phi) is 3.64. The second-order valence-corrected chi connectivity index (χ2v) is 8.08. The molecule has 1 amide bonds. The number of amides is 1. The second-order valence-electron chi connectivity index (χ2n) is 4.88. The summed E-state index contributed by atoms with van der Waals surface area (Å²) < 4.78 is 26.1. The van der Waals surface area contributed by atoms with Crippen LogP contribution < -0.4 is 10.0 Å². The summed E-state index contributed by atoms with van der Waals surface area (Å²) in [5.41, 5.74) is 1.71. The molecule has 0 saturated heterocycles. The Morgan fingerprint density at radius 2 is 2.00 bits per heavy atom. The summed E-state index contributed by atoms with van der Waals surface area (Å²) in [5.74, 6) is -0.222. The van der Waals surface area contributed by atoms with Gasteiger partial charge in [-0.15, -0.1) is 11.3 Å². The number of nitrogens with one attached hydrogen (secondary N) is 2. The Hall–Kier alpha value is -1.96. The number of benzene rings is 1. The molecule has 0 aliphatic carbocycles. The lowest BCUT2D eigenvalue weighted by atomic mass is 10.1.